The first-order valence-electron chi connectivity index (χ1n) is 7.90. The molecule has 1 aromatic carbocycles. The molecule has 3 heterocycles. The van der Waals surface area contributed by atoms with Crippen LogP contribution in [0, 0.1) is 0 Å². The Morgan fingerprint density at radius 1 is 1.16 bits per heavy atom. The van der Waals surface area contributed by atoms with E-state index in [4.69, 9.17) is 0 Å². The maximum atomic E-state index is 12.9. The van der Waals surface area contributed by atoms with Gasteiger partial charge < -0.3 is 9.88 Å². The Hall–Kier alpha value is -2.93. The lowest BCUT2D eigenvalue weighted by molar-refractivity contribution is 0.0987. The summed E-state index contributed by atoms with van der Waals surface area (Å²) in [6.07, 6.45) is 1.98. The molecular weight excluding hydrogens is 338 g/mol. The molecule has 6 nitrogen and oxygen atoms in total. The largest absolute Gasteiger partial charge is 0.328 e. The summed E-state index contributed by atoms with van der Waals surface area (Å²) < 4.78 is 1.07. The Kier molecular flexibility index (Phi) is 3.85. The van der Waals surface area contributed by atoms with Gasteiger partial charge in [0, 0.05) is 23.3 Å². The van der Waals surface area contributed by atoms with Crippen LogP contribution in [0.5, 0.6) is 0 Å². The minimum Gasteiger partial charge on any atom is -0.313 e. The zero-order valence-electron chi connectivity index (χ0n) is 13.3. The Morgan fingerprint density at radius 3 is 2.80 bits per heavy atom. The lowest BCUT2D eigenvalue weighted by Crippen LogP contribution is -2.41. The number of nitrogens with zero attached hydrogens (tertiary/aromatic N) is 2. The van der Waals surface area contributed by atoms with Gasteiger partial charge in [-0.15, -0.1) is 11.3 Å². The molecule has 7 heteroatoms. The highest BCUT2D eigenvalue weighted by Crippen LogP contribution is 2.28. The van der Waals surface area contributed by atoms with Gasteiger partial charge in [-0.1, -0.05) is 24.3 Å². The zero-order valence-corrected chi connectivity index (χ0v) is 14.1. The Bertz CT molecular complexity index is 1050. The molecule has 4 rings (SSSR count). The van der Waals surface area contributed by atoms with Gasteiger partial charge in [0.1, 0.15) is 5.56 Å². The normalized spacial score (nSPS) is 13.0. The predicted octanol–water partition coefficient (Wildman–Crippen LogP) is 1.85. The van der Waals surface area contributed by atoms with E-state index >= 15 is 0 Å². The lowest BCUT2D eigenvalue weighted by atomic mass is 10.2. The fraction of sp³-hybridized carbons (Fsp3) is 0.167. The van der Waals surface area contributed by atoms with Gasteiger partial charge in [-0.25, -0.2) is 4.79 Å². The van der Waals surface area contributed by atoms with E-state index in [0.29, 0.717) is 6.54 Å². The number of fused-ring (bicyclic) bond motifs is 1. The van der Waals surface area contributed by atoms with Crippen molar-refractivity contribution >= 4 is 22.9 Å². The van der Waals surface area contributed by atoms with E-state index in [2.05, 4.69) is 4.98 Å². The van der Waals surface area contributed by atoms with Crippen LogP contribution in [0.4, 0.5) is 5.69 Å². The second-order valence-corrected chi connectivity index (χ2v) is 6.85. The van der Waals surface area contributed by atoms with Crippen LogP contribution in [-0.2, 0) is 13.0 Å². The van der Waals surface area contributed by atoms with Gasteiger partial charge in [-0.3, -0.25) is 14.2 Å². The highest BCUT2D eigenvalue weighted by Gasteiger charge is 2.27. The van der Waals surface area contributed by atoms with E-state index in [1.165, 1.54) is 17.5 Å². The third kappa shape index (κ3) is 2.72. The number of nitrogens with one attached hydrogen (secondary N) is 1. The first kappa shape index (κ1) is 15.6. The fourth-order valence-corrected chi connectivity index (χ4v) is 3.75. The lowest BCUT2D eigenvalue weighted by Gasteiger charge is -2.17. The molecule has 3 aromatic rings. The predicted molar refractivity (Wildman–Crippen MR) is 96.6 cm³/mol. The number of hydrogen-bond donors (Lipinski definition) is 1. The number of hydrogen-bond acceptors (Lipinski definition) is 4. The van der Waals surface area contributed by atoms with Crippen LogP contribution in [0.25, 0.3) is 0 Å². The Morgan fingerprint density at radius 2 is 2.00 bits per heavy atom. The van der Waals surface area contributed by atoms with Crippen molar-refractivity contribution in [2.45, 2.75) is 13.0 Å². The highest BCUT2D eigenvalue weighted by atomic mass is 32.1. The molecule has 1 N–H and O–H groups in total. The van der Waals surface area contributed by atoms with Gasteiger partial charge in [0.2, 0.25) is 0 Å². The summed E-state index contributed by atoms with van der Waals surface area (Å²) in [6, 6.07) is 11.4. The quantitative estimate of drug-likeness (QED) is 0.781. The van der Waals surface area contributed by atoms with E-state index in [-0.39, 0.29) is 18.0 Å². The molecular formula is C18H15N3O3S. The van der Waals surface area contributed by atoms with E-state index in [1.807, 2.05) is 41.8 Å². The second kappa shape index (κ2) is 6.18. The molecule has 0 aliphatic carbocycles. The van der Waals surface area contributed by atoms with Crippen LogP contribution in [-0.4, -0.2) is 22.0 Å². The molecule has 0 saturated carbocycles. The second-order valence-electron chi connectivity index (χ2n) is 5.81. The molecule has 0 atom stereocenters. The smallest absolute Gasteiger partial charge is 0.313 e. The number of aromatic amines is 1. The average molecular weight is 353 g/mol. The van der Waals surface area contributed by atoms with Gasteiger partial charge in [-0.2, -0.15) is 0 Å². The summed E-state index contributed by atoms with van der Waals surface area (Å²) in [6.45, 7) is 0.686. The number of rotatable bonds is 3. The number of thiophene rings is 1. The van der Waals surface area contributed by atoms with Gasteiger partial charge >= 0.3 is 5.69 Å². The molecule has 0 unspecified atom stereocenters. The summed E-state index contributed by atoms with van der Waals surface area (Å²) in [5, 5.41) is 1.88. The van der Waals surface area contributed by atoms with Gasteiger partial charge in [0.05, 0.1) is 6.54 Å². The number of anilines is 1. The van der Waals surface area contributed by atoms with Crippen LogP contribution < -0.4 is 16.1 Å². The summed E-state index contributed by atoms with van der Waals surface area (Å²) >= 11 is 1.46. The minimum atomic E-state index is -0.563. The van der Waals surface area contributed by atoms with Crippen molar-refractivity contribution in [2.24, 2.45) is 0 Å². The monoisotopic (exact) mass is 353 g/mol. The molecule has 0 radical (unpaired) electrons. The van der Waals surface area contributed by atoms with Crippen LogP contribution in [0.3, 0.4) is 0 Å². The highest BCUT2D eigenvalue weighted by molar-refractivity contribution is 7.09. The number of carbonyl (C=O) groups is 1. The number of amides is 1. The van der Waals surface area contributed by atoms with Crippen LogP contribution in [0.2, 0.25) is 0 Å². The third-order valence-corrected chi connectivity index (χ3v) is 5.18. The van der Waals surface area contributed by atoms with Gasteiger partial charge in [-0.05, 0) is 29.5 Å². The van der Waals surface area contributed by atoms with Gasteiger partial charge in [0.25, 0.3) is 11.5 Å². The number of H-pyrrole nitrogens is 1. The fourth-order valence-electron chi connectivity index (χ4n) is 3.06. The number of carbonyl (C=O) groups excluding carboxylic acids is 1. The van der Waals surface area contributed by atoms with Crippen molar-refractivity contribution < 1.29 is 4.79 Å². The van der Waals surface area contributed by atoms with Crippen molar-refractivity contribution in [2.75, 3.05) is 11.4 Å². The molecule has 126 valence electrons. The molecule has 0 fully saturated rings. The van der Waals surface area contributed by atoms with Crippen molar-refractivity contribution in [1.29, 1.82) is 0 Å². The van der Waals surface area contributed by atoms with E-state index in [9.17, 15) is 14.4 Å². The van der Waals surface area contributed by atoms with Crippen molar-refractivity contribution in [3.8, 4) is 0 Å². The molecule has 0 bridgehead atoms. The van der Waals surface area contributed by atoms with Crippen molar-refractivity contribution in [3.63, 3.8) is 0 Å². The molecule has 1 aliphatic heterocycles. The maximum Gasteiger partial charge on any atom is 0.328 e. The molecule has 0 saturated heterocycles. The molecule has 1 amide bonds. The topological polar surface area (TPSA) is 75.2 Å². The average Bonchev–Trinajstić information content (AvgIpc) is 3.27. The number of benzene rings is 1. The molecule has 25 heavy (non-hydrogen) atoms. The first-order valence-corrected chi connectivity index (χ1v) is 8.78. The molecule has 1 aliphatic rings. The van der Waals surface area contributed by atoms with Gasteiger partial charge in [0.15, 0.2) is 0 Å². The first-order chi connectivity index (χ1) is 12.1. The van der Waals surface area contributed by atoms with Crippen LogP contribution in [0.1, 0.15) is 20.8 Å². The Labute approximate surface area is 147 Å². The maximum absolute atomic E-state index is 12.9. The van der Waals surface area contributed by atoms with E-state index in [1.54, 1.807) is 4.90 Å². The Balaban J connectivity index is 1.73. The summed E-state index contributed by atoms with van der Waals surface area (Å²) in [4.78, 5) is 42.7. The zero-order chi connectivity index (χ0) is 17.4. The van der Waals surface area contributed by atoms with Crippen LogP contribution in [0.15, 0.2) is 57.6 Å². The summed E-state index contributed by atoms with van der Waals surface area (Å²) in [7, 11) is 0. The molecule has 2 aromatic heterocycles. The standard InChI is InChI=1S/C18H15N3O3S/c22-16(20-8-7-12-4-1-2-6-15(12)20)14-10-19-18(24)21(17(14)23)11-13-5-3-9-25-13/h1-6,9-10H,7-8,11H2,(H,19,24). The van der Waals surface area contributed by atoms with Crippen molar-refractivity contribution in [3.05, 3.63) is 84.8 Å². The van der Waals surface area contributed by atoms with E-state index < -0.39 is 11.2 Å². The minimum absolute atomic E-state index is 0.0205. The van der Waals surface area contributed by atoms with E-state index in [0.717, 1.165) is 27.1 Å². The SMILES string of the molecule is O=C(c1c[nH]c(=O)n(Cc2cccs2)c1=O)N1CCc2ccccc21. The van der Waals surface area contributed by atoms with Crippen molar-refractivity contribution in [1.82, 2.24) is 9.55 Å². The number of para-hydroxylation sites is 1. The third-order valence-electron chi connectivity index (χ3n) is 4.32. The number of aromatic nitrogens is 2. The van der Waals surface area contributed by atoms with Crippen LogP contribution >= 0.6 is 11.3 Å². The summed E-state index contributed by atoms with van der Waals surface area (Å²) in [5.74, 6) is -0.383. The molecule has 0 spiro atoms. The summed E-state index contributed by atoms with van der Waals surface area (Å²) in [5.41, 5.74) is 0.804.